The number of aromatic amines is 1. The van der Waals surface area contributed by atoms with Crippen LogP contribution in [-0.2, 0) is 17.6 Å². The van der Waals surface area contributed by atoms with Crippen molar-refractivity contribution in [2.24, 2.45) is 0 Å². The lowest BCUT2D eigenvalue weighted by Crippen LogP contribution is -2.20. The summed E-state index contributed by atoms with van der Waals surface area (Å²) in [7, 11) is 0. The summed E-state index contributed by atoms with van der Waals surface area (Å²) < 4.78 is 6.77. The number of H-pyrrole nitrogens is 1. The highest BCUT2D eigenvalue weighted by atomic mass is 16.6. The molecule has 0 saturated carbocycles. The normalized spacial score (nSPS) is 12.7. The van der Waals surface area contributed by atoms with Gasteiger partial charge in [-0.05, 0) is 55.2 Å². The molecule has 3 aromatic heterocycles. The Hall–Kier alpha value is -4.80. The van der Waals surface area contributed by atoms with Gasteiger partial charge in [-0.15, -0.1) is 0 Å². The van der Waals surface area contributed by atoms with Gasteiger partial charge in [-0.2, -0.15) is 9.78 Å². The lowest BCUT2D eigenvalue weighted by atomic mass is 10.2. The summed E-state index contributed by atoms with van der Waals surface area (Å²) in [4.78, 5) is 42.7. The van der Waals surface area contributed by atoms with Gasteiger partial charge in [0, 0.05) is 29.8 Å². The van der Waals surface area contributed by atoms with Crippen LogP contribution in [0.15, 0.2) is 64.0 Å². The van der Waals surface area contributed by atoms with Crippen molar-refractivity contribution in [3.8, 4) is 17.4 Å². The zero-order valence-electron chi connectivity index (χ0n) is 17.7. The molecule has 3 heterocycles. The number of fused-ring (bicyclic) bond motifs is 1. The van der Waals surface area contributed by atoms with Crippen LogP contribution >= 0.6 is 0 Å². The molecular weight excluding hydrogens is 440 g/mol. The van der Waals surface area contributed by atoms with E-state index in [1.54, 1.807) is 30.3 Å². The monoisotopic (exact) mass is 458 g/mol. The molecule has 0 atom stereocenters. The molecule has 170 valence electrons. The third-order valence-electron chi connectivity index (χ3n) is 5.39. The van der Waals surface area contributed by atoms with Crippen molar-refractivity contribution >= 4 is 23.5 Å². The van der Waals surface area contributed by atoms with Crippen LogP contribution < -0.4 is 10.9 Å². The molecule has 4 aromatic rings. The van der Waals surface area contributed by atoms with Gasteiger partial charge >= 0.3 is 0 Å². The molecule has 1 aromatic carbocycles. The molecule has 1 aliphatic rings. The Morgan fingerprint density at radius 3 is 2.79 bits per heavy atom. The number of aromatic nitrogens is 4. The Labute approximate surface area is 191 Å². The Morgan fingerprint density at radius 1 is 1.24 bits per heavy atom. The van der Waals surface area contributed by atoms with Crippen molar-refractivity contribution in [3.05, 3.63) is 92.1 Å². The van der Waals surface area contributed by atoms with Gasteiger partial charge in [0.1, 0.15) is 11.5 Å². The fraction of sp³-hybridized carbons (Fsp3) is 0.130. The van der Waals surface area contributed by atoms with Gasteiger partial charge in [0.2, 0.25) is 11.9 Å². The third-order valence-corrected chi connectivity index (χ3v) is 5.39. The van der Waals surface area contributed by atoms with Crippen LogP contribution in [0.4, 0.5) is 11.5 Å². The van der Waals surface area contributed by atoms with Gasteiger partial charge in [-0.25, -0.2) is 4.98 Å². The van der Waals surface area contributed by atoms with E-state index < -0.39 is 10.8 Å². The zero-order chi connectivity index (χ0) is 23.7. The molecule has 1 amide bonds. The first-order valence-corrected chi connectivity index (χ1v) is 10.5. The number of carbonyl (C=O) groups excluding carboxylic acids is 1. The summed E-state index contributed by atoms with van der Waals surface area (Å²) in [6, 6.07) is 10.9. The Kier molecular flexibility index (Phi) is 5.34. The minimum atomic E-state index is -0.491. The molecule has 0 unspecified atom stereocenters. The minimum absolute atomic E-state index is 0.0354. The van der Waals surface area contributed by atoms with E-state index >= 15 is 0 Å². The molecule has 34 heavy (non-hydrogen) atoms. The van der Waals surface area contributed by atoms with E-state index in [0.717, 1.165) is 12.1 Å². The van der Waals surface area contributed by atoms with Crippen molar-refractivity contribution in [1.82, 2.24) is 19.7 Å². The molecule has 5 rings (SSSR count). The molecule has 0 fully saturated rings. The number of nitrogens with zero attached hydrogens (tertiary/aromatic N) is 4. The number of rotatable bonds is 6. The summed E-state index contributed by atoms with van der Waals surface area (Å²) in [6.07, 6.45) is 6.59. The van der Waals surface area contributed by atoms with Crippen LogP contribution in [0.1, 0.15) is 23.2 Å². The van der Waals surface area contributed by atoms with Crippen LogP contribution in [0.2, 0.25) is 0 Å². The number of non-ortho nitro benzene ring substituents is 1. The van der Waals surface area contributed by atoms with E-state index in [4.69, 9.17) is 4.42 Å². The van der Waals surface area contributed by atoms with Gasteiger partial charge in [0.15, 0.2) is 5.76 Å². The smallest absolute Gasteiger partial charge is 0.269 e. The average molecular weight is 458 g/mol. The first kappa shape index (κ1) is 21.1. The maximum Gasteiger partial charge on any atom is 0.269 e. The molecule has 0 aliphatic heterocycles. The first-order valence-electron chi connectivity index (χ1n) is 10.5. The molecule has 11 nitrogen and oxygen atoms in total. The number of nitrogens with one attached hydrogen (secondary N) is 2. The number of furan rings is 1. The molecule has 2 N–H and O–H groups in total. The number of anilines is 1. The molecule has 0 bridgehead atoms. The van der Waals surface area contributed by atoms with E-state index in [0.29, 0.717) is 35.4 Å². The van der Waals surface area contributed by atoms with Crippen LogP contribution in [-0.4, -0.2) is 30.6 Å². The van der Waals surface area contributed by atoms with Crippen LogP contribution in [0.3, 0.4) is 0 Å². The highest BCUT2D eigenvalue weighted by Crippen LogP contribution is 2.25. The van der Waals surface area contributed by atoms with E-state index in [1.165, 1.54) is 35.2 Å². The highest BCUT2D eigenvalue weighted by Gasteiger charge is 2.21. The molecule has 0 saturated heterocycles. The van der Waals surface area contributed by atoms with E-state index in [-0.39, 0.29) is 23.0 Å². The Morgan fingerprint density at radius 2 is 2.06 bits per heavy atom. The lowest BCUT2D eigenvalue weighted by Gasteiger charge is -2.08. The summed E-state index contributed by atoms with van der Waals surface area (Å²) >= 11 is 0. The lowest BCUT2D eigenvalue weighted by molar-refractivity contribution is -0.384. The number of carbonyl (C=O) groups is 1. The van der Waals surface area contributed by atoms with E-state index in [9.17, 15) is 19.7 Å². The Bertz CT molecular complexity index is 1460. The molecule has 1 aliphatic carbocycles. The fourth-order valence-corrected chi connectivity index (χ4v) is 3.75. The van der Waals surface area contributed by atoms with Crippen LogP contribution in [0.25, 0.3) is 23.5 Å². The number of aryl methyl sites for hydroxylation is 1. The fourth-order valence-electron chi connectivity index (χ4n) is 3.75. The van der Waals surface area contributed by atoms with Crippen molar-refractivity contribution < 1.29 is 14.1 Å². The topological polar surface area (TPSA) is 149 Å². The molecule has 0 spiro atoms. The maximum atomic E-state index is 12.6. The second kappa shape index (κ2) is 8.62. The largest absolute Gasteiger partial charge is 0.463 e. The van der Waals surface area contributed by atoms with E-state index in [2.05, 4.69) is 20.4 Å². The summed E-state index contributed by atoms with van der Waals surface area (Å²) in [6.45, 7) is 0. The second-order valence-electron chi connectivity index (χ2n) is 7.64. The summed E-state index contributed by atoms with van der Waals surface area (Å²) in [5.74, 6) is 0.497. The number of benzene rings is 1. The minimum Gasteiger partial charge on any atom is -0.463 e. The standard InChI is InChI=1S/C23H18N6O5/c30-21(11-8-14-6-9-15(10-7-14)29(32)33)25-20-13-18(19-5-2-12-34-19)27-28(20)23-24-17-4-1-3-16(17)22(31)26-23/h2,5-13H,1,3-4H2,(H,25,30)(H,24,26,31)/b11-8-. The SMILES string of the molecule is O=C(/C=C\c1ccc([N+](=O)[O-])cc1)Nc1cc(-c2ccco2)nn1-c1nc2c(c(=O)[nH]1)CCC2. The summed E-state index contributed by atoms with van der Waals surface area (Å²) in [5.41, 5.74) is 2.22. The van der Waals surface area contributed by atoms with Crippen LogP contribution in [0, 0.1) is 10.1 Å². The Balaban J connectivity index is 1.45. The van der Waals surface area contributed by atoms with Gasteiger partial charge in [0.05, 0.1) is 16.9 Å². The first-order chi connectivity index (χ1) is 16.5. The van der Waals surface area contributed by atoms with Crippen LogP contribution in [0.5, 0.6) is 0 Å². The maximum absolute atomic E-state index is 12.6. The average Bonchev–Trinajstić information content (AvgIpc) is 3.58. The zero-order valence-corrected chi connectivity index (χ0v) is 17.7. The van der Waals surface area contributed by atoms with Crippen molar-refractivity contribution in [2.75, 3.05) is 5.32 Å². The van der Waals surface area contributed by atoms with E-state index in [1.807, 2.05) is 0 Å². The summed E-state index contributed by atoms with van der Waals surface area (Å²) in [5, 5.41) is 18.0. The van der Waals surface area contributed by atoms with Gasteiger partial charge in [-0.3, -0.25) is 24.7 Å². The number of nitro groups is 1. The number of hydrogen-bond donors (Lipinski definition) is 2. The van der Waals surface area contributed by atoms with Gasteiger partial charge < -0.3 is 9.73 Å². The van der Waals surface area contributed by atoms with Crippen molar-refractivity contribution in [3.63, 3.8) is 0 Å². The van der Waals surface area contributed by atoms with Crippen molar-refractivity contribution in [2.45, 2.75) is 19.3 Å². The quantitative estimate of drug-likeness (QED) is 0.256. The molecular formula is C23H18N6O5. The predicted molar refractivity (Wildman–Crippen MR) is 122 cm³/mol. The predicted octanol–water partition coefficient (Wildman–Crippen LogP) is 3.26. The number of nitro benzene ring substituents is 1. The molecule has 11 heteroatoms. The van der Waals surface area contributed by atoms with Crippen molar-refractivity contribution in [1.29, 1.82) is 0 Å². The van der Waals surface area contributed by atoms with Gasteiger partial charge in [0.25, 0.3) is 11.2 Å². The second-order valence-corrected chi connectivity index (χ2v) is 7.64. The number of hydrogen-bond acceptors (Lipinski definition) is 7. The highest BCUT2D eigenvalue weighted by molar-refractivity contribution is 6.01. The third kappa shape index (κ3) is 4.13. The molecule has 0 radical (unpaired) electrons. The number of amides is 1. The van der Waals surface area contributed by atoms with Gasteiger partial charge in [-0.1, -0.05) is 0 Å².